The normalized spacial score (nSPS) is 11.3. The zero-order valence-electron chi connectivity index (χ0n) is 10.6. The van der Waals surface area contributed by atoms with Crippen molar-refractivity contribution in [1.29, 1.82) is 0 Å². The Kier molecular flexibility index (Phi) is 3.57. The van der Waals surface area contributed by atoms with Crippen LogP contribution in [-0.4, -0.2) is 35.0 Å². The molecule has 0 saturated carbocycles. The van der Waals surface area contributed by atoms with Crippen molar-refractivity contribution in [3.8, 4) is 5.75 Å². The molecule has 0 atom stereocenters. The highest BCUT2D eigenvalue weighted by Gasteiger charge is 2.15. The van der Waals surface area contributed by atoms with Gasteiger partial charge in [-0.05, 0) is 33.5 Å². The highest BCUT2D eigenvalue weighted by atomic mass is 127. The van der Waals surface area contributed by atoms with Crippen LogP contribution in [-0.2, 0) is 4.74 Å². The maximum Gasteiger partial charge on any atom is 0.270 e. The molecule has 7 nitrogen and oxygen atoms in total. The fourth-order valence-corrected chi connectivity index (χ4v) is 2.36. The second-order valence-electron chi connectivity index (χ2n) is 4.09. The molecule has 0 N–H and O–H groups in total. The Morgan fingerprint density at radius 3 is 3.05 bits per heavy atom. The van der Waals surface area contributed by atoms with Crippen LogP contribution >= 0.6 is 22.6 Å². The average molecular weight is 386 g/mol. The third-order valence-corrected chi connectivity index (χ3v) is 3.58. The van der Waals surface area contributed by atoms with Gasteiger partial charge in [0, 0.05) is 24.3 Å². The molecule has 8 heteroatoms. The summed E-state index contributed by atoms with van der Waals surface area (Å²) >= 11 is 2.09. The molecule has 0 aliphatic carbocycles. The van der Waals surface area contributed by atoms with Crippen LogP contribution in [0.1, 0.15) is 0 Å². The van der Waals surface area contributed by atoms with Gasteiger partial charge in [-0.25, -0.2) is 4.52 Å². The first-order chi connectivity index (χ1) is 9.70. The SMILES string of the molecule is COCCOc1ccc2c(c1)n1ncc(I)c1n[n+]2[O-]. The number of hydrogen-bond donors (Lipinski definition) is 0. The van der Waals surface area contributed by atoms with Crippen LogP contribution in [0.3, 0.4) is 0 Å². The number of methoxy groups -OCH3 is 1. The summed E-state index contributed by atoms with van der Waals surface area (Å²) in [5.41, 5.74) is 1.63. The summed E-state index contributed by atoms with van der Waals surface area (Å²) in [7, 11) is 1.62. The van der Waals surface area contributed by atoms with Gasteiger partial charge in [0.15, 0.2) is 0 Å². The zero-order valence-corrected chi connectivity index (χ0v) is 12.8. The van der Waals surface area contributed by atoms with E-state index in [1.165, 1.54) is 0 Å². The predicted octanol–water partition coefficient (Wildman–Crippen LogP) is 1.15. The molecule has 2 heterocycles. The quantitative estimate of drug-likeness (QED) is 0.291. The van der Waals surface area contributed by atoms with Crippen LogP contribution in [0.15, 0.2) is 24.4 Å². The van der Waals surface area contributed by atoms with Crippen molar-refractivity contribution < 1.29 is 14.3 Å². The minimum atomic E-state index is 0.441. The minimum absolute atomic E-state index is 0.441. The number of hydrogen-bond acceptors (Lipinski definition) is 5. The molecular weight excluding hydrogens is 375 g/mol. The molecule has 0 spiro atoms. The maximum absolute atomic E-state index is 11.9. The Morgan fingerprint density at radius 2 is 2.25 bits per heavy atom. The van der Waals surface area contributed by atoms with Crippen LogP contribution in [0.2, 0.25) is 0 Å². The topological polar surface area (TPSA) is 75.6 Å². The van der Waals surface area contributed by atoms with Crippen molar-refractivity contribution in [2.45, 2.75) is 0 Å². The van der Waals surface area contributed by atoms with E-state index in [0.717, 1.165) is 3.57 Å². The third kappa shape index (κ3) is 2.24. The first-order valence-corrected chi connectivity index (χ1v) is 6.97. The van der Waals surface area contributed by atoms with Gasteiger partial charge in [-0.15, -0.1) is 0 Å². The van der Waals surface area contributed by atoms with Gasteiger partial charge in [0.25, 0.3) is 5.52 Å². The lowest BCUT2D eigenvalue weighted by atomic mass is 10.3. The fraction of sp³-hybridized carbons (Fsp3) is 0.250. The molecule has 104 valence electrons. The van der Waals surface area contributed by atoms with Gasteiger partial charge in [-0.2, -0.15) is 5.10 Å². The Hall–Kier alpha value is -1.68. The molecule has 0 aliphatic rings. The van der Waals surface area contributed by atoms with E-state index in [-0.39, 0.29) is 0 Å². The van der Waals surface area contributed by atoms with E-state index >= 15 is 0 Å². The smallest absolute Gasteiger partial charge is 0.270 e. The molecule has 0 radical (unpaired) electrons. The van der Waals surface area contributed by atoms with Crippen LogP contribution in [0.4, 0.5) is 0 Å². The largest absolute Gasteiger partial charge is 0.594 e. The molecular formula is C12H11IN4O3. The fourth-order valence-electron chi connectivity index (χ4n) is 1.90. The van der Waals surface area contributed by atoms with Crippen LogP contribution < -0.4 is 9.58 Å². The lowest BCUT2D eigenvalue weighted by Crippen LogP contribution is -2.33. The van der Waals surface area contributed by atoms with Crippen molar-refractivity contribution in [1.82, 2.24) is 14.7 Å². The van der Waals surface area contributed by atoms with E-state index in [1.807, 2.05) is 0 Å². The lowest BCUT2D eigenvalue weighted by Gasteiger charge is -2.07. The molecule has 1 aromatic carbocycles. The van der Waals surface area contributed by atoms with E-state index in [2.05, 4.69) is 32.8 Å². The molecule has 0 fully saturated rings. The third-order valence-electron chi connectivity index (χ3n) is 2.82. The first kappa shape index (κ1) is 13.3. The van der Waals surface area contributed by atoms with Gasteiger partial charge in [-0.1, -0.05) is 0 Å². The summed E-state index contributed by atoms with van der Waals surface area (Å²) in [6.45, 7) is 0.954. The van der Waals surface area contributed by atoms with Gasteiger partial charge in [0.1, 0.15) is 17.9 Å². The van der Waals surface area contributed by atoms with Gasteiger partial charge in [0.05, 0.1) is 16.4 Å². The summed E-state index contributed by atoms with van der Waals surface area (Å²) in [5.74, 6) is 0.660. The van der Waals surface area contributed by atoms with Crippen molar-refractivity contribution in [3.05, 3.63) is 33.2 Å². The lowest BCUT2D eigenvalue weighted by molar-refractivity contribution is -0.640. The van der Waals surface area contributed by atoms with Crippen molar-refractivity contribution in [2.75, 3.05) is 20.3 Å². The molecule has 0 saturated heterocycles. The maximum atomic E-state index is 11.9. The summed E-state index contributed by atoms with van der Waals surface area (Å²) in [6.07, 6.45) is 1.67. The predicted molar refractivity (Wildman–Crippen MR) is 79.5 cm³/mol. The number of ether oxygens (including phenoxy) is 2. The van der Waals surface area contributed by atoms with Gasteiger partial charge < -0.3 is 14.7 Å². The molecule has 3 aromatic rings. The summed E-state index contributed by atoms with van der Waals surface area (Å²) in [6, 6.07) is 5.18. The highest BCUT2D eigenvalue weighted by molar-refractivity contribution is 14.1. The van der Waals surface area contributed by atoms with Crippen LogP contribution in [0.5, 0.6) is 5.75 Å². The van der Waals surface area contributed by atoms with Crippen molar-refractivity contribution in [2.24, 2.45) is 0 Å². The molecule has 3 rings (SSSR count). The van der Waals surface area contributed by atoms with Gasteiger partial charge in [0.2, 0.25) is 5.65 Å². The van der Waals surface area contributed by atoms with Gasteiger partial charge in [-0.3, -0.25) is 0 Å². The molecule has 0 unspecified atom stereocenters. The van der Waals surface area contributed by atoms with Crippen LogP contribution in [0, 0.1) is 8.78 Å². The van der Waals surface area contributed by atoms with E-state index in [1.54, 1.807) is 36.0 Å². The van der Waals surface area contributed by atoms with Crippen molar-refractivity contribution >= 4 is 39.3 Å². The Morgan fingerprint density at radius 1 is 1.40 bits per heavy atom. The Labute approximate surface area is 127 Å². The molecule has 0 aliphatic heterocycles. The summed E-state index contributed by atoms with van der Waals surface area (Å²) in [5, 5.41) is 20.1. The molecule has 2 aromatic heterocycles. The van der Waals surface area contributed by atoms with Crippen LogP contribution in [0.25, 0.3) is 16.7 Å². The van der Waals surface area contributed by atoms with E-state index in [0.29, 0.717) is 40.5 Å². The van der Waals surface area contributed by atoms with E-state index in [4.69, 9.17) is 9.47 Å². The Balaban J connectivity index is 2.13. The number of halogens is 1. The number of benzene rings is 1. The summed E-state index contributed by atoms with van der Waals surface area (Å²) in [4.78, 5) is 0.605. The monoisotopic (exact) mass is 386 g/mol. The number of nitrogens with zero attached hydrogens (tertiary/aromatic N) is 4. The zero-order chi connectivity index (χ0) is 14.1. The number of aromatic nitrogens is 4. The Bertz CT molecular complexity index is 774. The molecule has 0 bridgehead atoms. The molecule has 0 amide bonds. The average Bonchev–Trinajstić information content (AvgIpc) is 2.81. The standard InChI is InChI=1S/C12H11IN4O3/c1-19-4-5-20-8-2-3-10-11(6-8)16-12(15-17(10)18)9(13)7-14-16/h2-3,6-7H,4-5H2,1H3. The molecule has 20 heavy (non-hydrogen) atoms. The number of rotatable bonds is 4. The highest BCUT2D eigenvalue weighted by Crippen LogP contribution is 2.20. The minimum Gasteiger partial charge on any atom is -0.594 e. The first-order valence-electron chi connectivity index (χ1n) is 5.89. The van der Waals surface area contributed by atoms with E-state index in [9.17, 15) is 5.21 Å². The second kappa shape index (κ2) is 5.37. The van der Waals surface area contributed by atoms with E-state index < -0.39 is 0 Å². The second-order valence-corrected chi connectivity index (χ2v) is 5.25. The summed E-state index contributed by atoms with van der Waals surface area (Å²) < 4.78 is 12.9. The van der Waals surface area contributed by atoms with Gasteiger partial charge >= 0.3 is 0 Å². The van der Waals surface area contributed by atoms with Crippen molar-refractivity contribution in [3.63, 3.8) is 0 Å². The number of fused-ring (bicyclic) bond motifs is 3.